The average molecular weight is 356 g/mol. The maximum Gasteiger partial charge on any atom is 0.225 e. The lowest BCUT2D eigenvalue weighted by Gasteiger charge is -2.55. The average Bonchev–Trinajstić information content (AvgIpc) is 2.56. The quantitative estimate of drug-likeness (QED) is 0.882. The molecule has 1 heterocycles. The summed E-state index contributed by atoms with van der Waals surface area (Å²) in [5.74, 6) is 1.05. The van der Waals surface area contributed by atoms with E-state index in [1.807, 2.05) is 6.92 Å². The summed E-state index contributed by atoms with van der Waals surface area (Å²) in [7, 11) is 0. The van der Waals surface area contributed by atoms with Crippen molar-refractivity contribution in [1.29, 1.82) is 0 Å². The SMILES string of the molecule is CCc1cc(C)cc(C2CCC3(CC2)CN(C(=O)C2CC(C)(O)C2)C3)c1. The van der Waals surface area contributed by atoms with Crippen molar-refractivity contribution in [3.63, 3.8) is 0 Å². The zero-order chi connectivity index (χ0) is 18.5. The van der Waals surface area contributed by atoms with Crippen molar-refractivity contribution in [3.8, 4) is 0 Å². The van der Waals surface area contributed by atoms with Crippen LogP contribution >= 0.6 is 0 Å². The van der Waals surface area contributed by atoms with E-state index in [9.17, 15) is 9.90 Å². The number of aliphatic hydroxyl groups is 1. The van der Waals surface area contributed by atoms with Crippen molar-refractivity contribution >= 4 is 5.91 Å². The Balaban J connectivity index is 1.31. The molecule has 1 aromatic carbocycles. The van der Waals surface area contributed by atoms with Crippen LogP contribution in [-0.2, 0) is 11.2 Å². The lowest BCUT2D eigenvalue weighted by molar-refractivity contribution is -0.163. The van der Waals surface area contributed by atoms with E-state index in [0.717, 1.165) is 19.5 Å². The van der Waals surface area contributed by atoms with Crippen LogP contribution in [0, 0.1) is 18.3 Å². The largest absolute Gasteiger partial charge is 0.390 e. The van der Waals surface area contributed by atoms with Crippen LogP contribution in [0.2, 0.25) is 0 Å². The molecule has 0 aromatic heterocycles. The molecule has 1 saturated heterocycles. The lowest BCUT2D eigenvalue weighted by atomic mass is 9.63. The number of nitrogens with zero attached hydrogens (tertiary/aromatic N) is 1. The van der Waals surface area contributed by atoms with Crippen LogP contribution in [0.5, 0.6) is 0 Å². The minimum absolute atomic E-state index is 0.0680. The van der Waals surface area contributed by atoms with E-state index in [4.69, 9.17) is 0 Å². The third-order valence-corrected chi connectivity index (χ3v) is 7.17. The molecule has 3 nitrogen and oxygen atoms in total. The molecular formula is C23H33NO2. The van der Waals surface area contributed by atoms with Crippen LogP contribution in [0.15, 0.2) is 18.2 Å². The van der Waals surface area contributed by atoms with Gasteiger partial charge < -0.3 is 10.0 Å². The molecule has 0 atom stereocenters. The van der Waals surface area contributed by atoms with Gasteiger partial charge in [0.05, 0.1) is 5.60 Å². The van der Waals surface area contributed by atoms with E-state index < -0.39 is 5.60 Å². The number of hydrogen-bond acceptors (Lipinski definition) is 2. The fourth-order valence-electron chi connectivity index (χ4n) is 5.57. The van der Waals surface area contributed by atoms with Crippen molar-refractivity contribution in [2.24, 2.45) is 11.3 Å². The van der Waals surface area contributed by atoms with Gasteiger partial charge in [-0.25, -0.2) is 0 Å². The van der Waals surface area contributed by atoms with Crippen LogP contribution in [0.4, 0.5) is 0 Å². The van der Waals surface area contributed by atoms with Gasteiger partial charge in [-0.05, 0) is 75.8 Å². The third-order valence-electron chi connectivity index (χ3n) is 7.17. The van der Waals surface area contributed by atoms with Gasteiger partial charge in [-0.15, -0.1) is 0 Å². The van der Waals surface area contributed by atoms with Gasteiger partial charge in [-0.2, -0.15) is 0 Å². The topological polar surface area (TPSA) is 40.5 Å². The molecule has 0 unspecified atom stereocenters. The Morgan fingerprint density at radius 2 is 1.85 bits per heavy atom. The zero-order valence-corrected chi connectivity index (χ0v) is 16.6. The first-order valence-corrected chi connectivity index (χ1v) is 10.4. The first-order valence-electron chi connectivity index (χ1n) is 10.4. The van der Waals surface area contributed by atoms with E-state index in [0.29, 0.717) is 24.2 Å². The van der Waals surface area contributed by atoms with Crippen LogP contribution in [0.1, 0.15) is 75.0 Å². The monoisotopic (exact) mass is 355 g/mol. The standard InChI is InChI=1S/C23H33NO2/c1-4-17-9-16(2)10-19(11-17)18-5-7-23(8-6-18)14-24(15-23)21(25)20-12-22(3,26)13-20/h9-11,18,20,26H,4-8,12-15H2,1-3H3. The van der Waals surface area contributed by atoms with E-state index in [1.165, 1.54) is 42.4 Å². The lowest BCUT2D eigenvalue weighted by Crippen LogP contribution is -2.62. The Kier molecular flexibility index (Phi) is 4.42. The fourth-order valence-corrected chi connectivity index (χ4v) is 5.57. The second-order valence-corrected chi connectivity index (χ2v) is 9.68. The highest BCUT2D eigenvalue weighted by molar-refractivity contribution is 5.81. The second-order valence-electron chi connectivity index (χ2n) is 9.68. The molecule has 2 aliphatic carbocycles. The van der Waals surface area contributed by atoms with Crippen LogP contribution < -0.4 is 0 Å². The summed E-state index contributed by atoms with van der Waals surface area (Å²) in [5.41, 5.74) is 4.15. The zero-order valence-electron chi connectivity index (χ0n) is 16.6. The minimum atomic E-state index is -0.605. The first kappa shape index (κ1) is 18.0. The highest BCUT2D eigenvalue weighted by atomic mass is 16.3. The van der Waals surface area contributed by atoms with Gasteiger partial charge in [0.25, 0.3) is 0 Å². The van der Waals surface area contributed by atoms with Gasteiger partial charge in [-0.3, -0.25) is 4.79 Å². The highest BCUT2D eigenvalue weighted by Crippen LogP contribution is 2.50. The Labute approximate surface area is 157 Å². The van der Waals surface area contributed by atoms with Gasteiger partial charge in [0.15, 0.2) is 0 Å². The van der Waals surface area contributed by atoms with Gasteiger partial charge in [-0.1, -0.05) is 30.7 Å². The normalized spacial score (nSPS) is 30.8. The Bertz CT molecular complexity index is 684. The minimum Gasteiger partial charge on any atom is -0.390 e. The molecule has 1 spiro atoms. The molecule has 26 heavy (non-hydrogen) atoms. The Morgan fingerprint density at radius 3 is 2.42 bits per heavy atom. The number of aryl methyl sites for hydroxylation is 2. The number of hydrogen-bond donors (Lipinski definition) is 1. The molecule has 2 saturated carbocycles. The molecule has 0 radical (unpaired) electrons. The molecule has 3 fully saturated rings. The number of amides is 1. The van der Waals surface area contributed by atoms with Crippen molar-refractivity contribution in [1.82, 2.24) is 4.90 Å². The Morgan fingerprint density at radius 1 is 1.19 bits per heavy atom. The Hall–Kier alpha value is -1.35. The maximum atomic E-state index is 12.5. The van der Waals surface area contributed by atoms with Gasteiger partial charge in [0.1, 0.15) is 0 Å². The number of benzene rings is 1. The number of carbonyl (C=O) groups is 1. The summed E-state index contributed by atoms with van der Waals surface area (Å²) in [6, 6.07) is 7.09. The summed E-state index contributed by atoms with van der Waals surface area (Å²) in [4.78, 5) is 14.6. The summed E-state index contributed by atoms with van der Waals surface area (Å²) >= 11 is 0. The van der Waals surface area contributed by atoms with Gasteiger partial charge in [0, 0.05) is 24.4 Å². The molecule has 1 aromatic rings. The maximum absolute atomic E-state index is 12.5. The van der Waals surface area contributed by atoms with E-state index >= 15 is 0 Å². The van der Waals surface area contributed by atoms with E-state index in [1.54, 1.807) is 0 Å². The van der Waals surface area contributed by atoms with Crippen molar-refractivity contribution in [2.75, 3.05) is 13.1 Å². The van der Waals surface area contributed by atoms with E-state index in [2.05, 4.69) is 36.9 Å². The predicted octanol–water partition coefficient (Wildman–Crippen LogP) is 4.20. The van der Waals surface area contributed by atoms with Crippen molar-refractivity contribution < 1.29 is 9.90 Å². The molecule has 1 N–H and O–H groups in total. The summed E-state index contributed by atoms with van der Waals surface area (Å²) < 4.78 is 0. The van der Waals surface area contributed by atoms with Gasteiger partial charge in [0.2, 0.25) is 5.91 Å². The van der Waals surface area contributed by atoms with Crippen LogP contribution in [-0.4, -0.2) is 34.6 Å². The molecule has 142 valence electrons. The van der Waals surface area contributed by atoms with Crippen molar-refractivity contribution in [3.05, 3.63) is 34.9 Å². The molecule has 4 rings (SSSR count). The summed E-state index contributed by atoms with van der Waals surface area (Å²) in [5, 5.41) is 9.87. The van der Waals surface area contributed by atoms with Crippen molar-refractivity contribution in [2.45, 2.75) is 77.2 Å². The molecule has 1 amide bonds. The fraction of sp³-hybridized carbons (Fsp3) is 0.696. The molecule has 3 aliphatic rings. The highest BCUT2D eigenvalue weighted by Gasteiger charge is 2.51. The molecule has 0 bridgehead atoms. The second kappa shape index (κ2) is 6.37. The van der Waals surface area contributed by atoms with E-state index in [-0.39, 0.29) is 11.8 Å². The van der Waals surface area contributed by atoms with Gasteiger partial charge >= 0.3 is 0 Å². The molecule has 3 heteroatoms. The molecular weight excluding hydrogens is 322 g/mol. The van der Waals surface area contributed by atoms with Crippen LogP contribution in [0.3, 0.4) is 0 Å². The van der Waals surface area contributed by atoms with Crippen LogP contribution in [0.25, 0.3) is 0 Å². The smallest absolute Gasteiger partial charge is 0.225 e. The number of rotatable bonds is 3. The summed E-state index contributed by atoms with van der Waals surface area (Å²) in [6.45, 7) is 8.18. The third kappa shape index (κ3) is 3.31. The predicted molar refractivity (Wildman–Crippen MR) is 104 cm³/mol. The molecule has 1 aliphatic heterocycles. The summed E-state index contributed by atoms with van der Waals surface area (Å²) in [6.07, 6.45) is 7.41. The first-order chi connectivity index (χ1) is 12.3. The number of likely N-dealkylation sites (tertiary alicyclic amines) is 1. The number of carbonyl (C=O) groups excluding carboxylic acids is 1.